The Balaban J connectivity index is 1.74. The minimum atomic E-state index is -0.455. The van der Waals surface area contributed by atoms with Gasteiger partial charge in [-0.05, 0) is 56.7 Å². The van der Waals surface area contributed by atoms with Crippen molar-refractivity contribution in [3.05, 3.63) is 67.7 Å². The maximum Gasteiger partial charge on any atom is 0.156 e. The number of thiophene rings is 1. The lowest BCUT2D eigenvalue weighted by molar-refractivity contribution is 0.0627. The summed E-state index contributed by atoms with van der Waals surface area (Å²) >= 11 is 9.00. The van der Waals surface area contributed by atoms with Gasteiger partial charge in [0.05, 0.1) is 16.3 Å². The van der Waals surface area contributed by atoms with Crippen molar-refractivity contribution in [3.8, 4) is 0 Å². The predicted molar refractivity (Wildman–Crippen MR) is 114 cm³/mol. The average Bonchev–Trinajstić information content (AvgIpc) is 3.14. The molecule has 0 saturated carbocycles. The van der Waals surface area contributed by atoms with Gasteiger partial charge in [0.2, 0.25) is 0 Å². The standard InChI is InChI=1S/C20H18ClFN4OS2/c1-10-4-7-17(28-10)16-9-27-26-19(23-16)18-11(2)12(3)24-25-20(18)29-13-5-6-15(22)14(21)8-13/h4-8,16H,9H2,1-3H3,(H,23,26)/t16-/m1/s1. The molecule has 9 heteroatoms. The third kappa shape index (κ3) is 4.30. The fourth-order valence-corrected chi connectivity index (χ4v) is 5.01. The van der Waals surface area contributed by atoms with E-state index in [-0.39, 0.29) is 11.1 Å². The van der Waals surface area contributed by atoms with E-state index in [2.05, 4.69) is 34.7 Å². The zero-order chi connectivity index (χ0) is 20.5. The zero-order valence-electron chi connectivity index (χ0n) is 16.0. The van der Waals surface area contributed by atoms with E-state index < -0.39 is 5.82 Å². The highest BCUT2D eigenvalue weighted by atomic mass is 35.5. The molecule has 0 unspecified atom stereocenters. The van der Waals surface area contributed by atoms with E-state index in [4.69, 9.17) is 21.4 Å². The van der Waals surface area contributed by atoms with Crippen molar-refractivity contribution in [3.63, 3.8) is 0 Å². The van der Waals surface area contributed by atoms with E-state index in [1.807, 2.05) is 13.8 Å². The monoisotopic (exact) mass is 448 g/mol. The van der Waals surface area contributed by atoms with Crippen molar-refractivity contribution in [2.75, 3.05) is 6.61 Å². The topological polar surface area (TPSA) is 59.4 Å². The number of benzene rings is 1. The number of amidine groups is 1. The summed E-state index contributed by atoms with van der Waals surface area (Å²) in [4.78, 5) is 13.7. The van der Waals surface area contributed by atoms with E-state index in [0.717, 1.165) is 26.6 Å². The van der Waals surface area contributed by atoms with E-state index in [9.17, 15) is 4.39 Å². The average molecular weight is 449 g/mol. The Kier molecular flexibility index (Phi) is 5.87. The molecule has 0 aliphatic carbocycles. The van der Waals surface area contributed by atoms with Crippen molar-refractivity contribution >= 4 is 40.5 Å². The van der Waals surface area contributed by atoms with Crippen LogP contribution < -0.4 is 5.48 Å². The molecule has 1 atom stereocenters. The Morgan fingerprint density at radius 1 is 1.21 bits per heavy atom. The van der Waals surface area contributed by atoms with Crippen LogP contribution in [0.15, 0.2) is 45.2 Å². The highest BCUT2D eigenvalue weighted by Gasteiger charge is 2.24. The highest BCUT2D eigenvalue weighted by molar-refractivity contribution is 7.99. The lowest BCUT2D eigenvalue weighted by Crippen LogP contribution is -2.33. The third-order valence-corrected chi connectivity index (χ3v) is 6.91. The summed E-state index contributed by atoms with van der Waals surface area (Å²) in [6.07, 6.45) is 0. The van der Waals surface area contributed by atoms with Crippen LogP contribution >= 0.6 is 34.7 Å². The van der Waals surface area contributed by atoms with Crippen LogP contribution in [-0.2, 0) is 4.84 Å². The van der Waals surface area contributed by atoms with E-state index in [1.54, 1.807) is 23.5 Å². The van der Waals surface area contributed by atoms with Crippen LogP contribution in [0.3, 0.4) is 0 Å². The molecule has 2 aromatic heterocycles. The molecule has 0 spiro atoms. The van der Waals surface area contributed by atoms with Crippen LogP contribution in [0.2, 0.25) is 5.02 Å². The molecular weight excluding hydrogens is 431 g/mol. The molecule has 5 nitrogen and oxygen atoms in total. The number of rotatable bonds is 4. The van der Waals surface area contributed by atoms with Gasteiger partial charge in [0.25, 0.3) is 0 Å². The first-order valence-electron chi connectivity index (χ1n) is 8.91. The summed E-state index contributed by atoms with van der Waals surface area (Å²) in [6, 6.07) is 8.66. The summed E-state index contributed by atoms with van der Waals surface area (Å²) < 4.78 is 13.5. The van der Waals surface area contributed by atoms with E-state index in [1.165, 1.54) is 22.7 Å². The molecule has 0 amide bonds. The molecule has 150 valence electrons. The van der Waals surface area contributed by atoms with Gasteiger partial charge in [-0.15, -0.1) is 16.4 Å². The molecule has 3 heterocycles. The maximum absolute atomic E-state index is 13.5. The van der Waals surface area contributed by atoms with Crippen molar-refractivity contribution in [2.45, 2.75) is 36.7 Å². The molecule has 1 aliphatic rings. The SMILES string of the molecule is Cc1ccc([C@H]2CONC(c3c(Sc4ccc(F)c(Cl)c4)nnc(C)c3C)=N2)s1. The van der Waals surface area contributed by atoms with Gasteiger partial charge >= 0.3 is 0 Å². The fourth-order valence-electron chi connectivity index (χ4n) is 2.89. The number of aromatic nitrogens is 2. The molecule has 0 saturated heterocycles. The Hall–Kier alpha value is -2.00. The highest BCUT2D eigenvalue weighted by Crippen LogP contribution is 2.34. The summed E-state index contributed by atoms with van der Waals surface area (Å²) in [6.45, 7) is 6.41. The molecule has 3 aromatic rings. The lowest BCUT2D eigenvalue weighted by atomic mass is 10.1. The summed E-state index contributed by atoms with van der Waals surface area (Å²) in [5.41, 5.74) is 5.52. The lowest BCUT2D eigenvalue weighted by Gasteiger charge is -2.23. The van der Waals surface area contributed by atoms with Gasteiger partial charge in [0, 0.05) is 14.6 Å². The van der Waals surface area contributed by atoms with Crippen LogP contribution in [0.25, 0.3) is 0 Å². The summed E-state index contributed by atoms with van der Waals surface area (Å²) in [7, 11) is 0. The number of hydroxylamine groups is 1. The Morgan fingerprint density at radius 3 is 2.76 bits per heavy atom. The number of aliphatic imine (C=N–C) groups is 1. The van der Waals surface area contributed by atoms with E-state index >= 15 is 0 Å². The van der Waals surface area contributed by atoms with Crippen molar-refractivity contribution in [2.24, 2.45) is 4.99 Å². The number of hydrogen-bond acceptors (Lipinski definition) is 7. The Labute approximate surface area is 181 Å². The molecule has 29 heavy (non-hydrogen) atoms. The fraction of sp³-hybridized carbons (Fsp3) is 0.250. The summed E-state index contributed by atoms with van der Waals surface area (Å²) in [5, 5.41) is 9.33. The largest absolute Gasteiger partial charge is 0.272 e. The molecule has 1 aliphatic heterocycles. The molecule has 0 fully saturated rings. The third-order valence-electron chi connectivity index (χ3n) is 4.55. The second kappa shape index (κ2) is 8.39. The Morgan fingerprint density at radius 2 is 2.03 bits per heavy atom. The molecular formula is C20H18ClFN4OS2. The number of nitrogens with zero attached hydrogens (tertiary/aromatic N) is 3. The minimum Gasteiger partial charge on any atom is -0.272 e. The number of hydrogen-bond donors (Lipinski definition) is 1. The molecule has 1 aromatic carbocycles. The van der Waals surface area contributed by atoms with Crippen LogP contribution in [0.1, 0.15) is 32.6 Å². The first-order chi connectivity index (χ1) is 13.9. The first kappa shape index (κ1) is 20.3. The Bertz CT molecular complexity index is 1100. The molecule has 0 radical (unpaired) electrons. The first-order valence-corrected chi connectivity index (χ1v) is 10.9. The second-order valence-corrected chi connectivity index (χ2v) is 9.41. The predicted octanol–water partition coefficient (Wildman–Crippen LogP) is 5.43. The van der Waals surface area contributed by atoms with Gasteiger partial charge < -0.3 is 0 Å². The van der Waals surface area contributed by atoms with Gasteiger partial charge in [-0.1, -0.05) is 23.4 Å². The van der Waals surface area contributed by atoms with Crippen LogP contribution in [0.4, 0.5) is 4.39 Å². The maximum atomic E-state index is 13.5. The molecule has 4 rings (SSSR count). The van der Waals surface area contributed by atoms with Crippen LogP contribution in [0.5, 0.6) is 0 Å². The number of aryl methyl sites for hydroxylation is 2. The quantitative estimate of drug-likeness (QED) is 0.576. The molecule has 1 N–H and O–H groups in total. The van der Waals surface area contributed by atoms with Crippen molar-refractivity contribution in [1.29, 1.82) is 0 Å². The number of halogens is 2. The normalized spacial score (nSPS) is 16.4. The molecule has 0 bridgehead atoms. The van der Waals surface area contributed by atoms with Crippen molar-refractivity contribution in [1.82, 2.24) is 15.7 Å². The second-order valence-electron chi connectivity index (χ2n) is 6.62. The van der Waals surface area contributed by atoms with Gasteiger partial charge in [-0.25, -0.2) is 9.87 Å². The van der Waals surface area contributed by atoms with Crippen LogP contribution in [-0.4, -0.2) is 22.6 Å². The minimum absolute atomic E-state index is 0.0675. The summed E-state index contributed by atoms with van der Waals surface area (Å²) in [5.74, 6) is 0.154. The van der Waals surface area contributed by atoms with Gasteiger partial charge in [-0.2, -0.15) is 5.10 Å². The number of nitrogens with one attached hydrogen (secondary N) is 1. The van der Waals surface area contributed by atoms with Crippen molar-refractivity contribution < 1.29 is 9.23 Å². The van der Waals surface area contributed by atoms with Crippen LogP contribution in [0, 0.1) is 26.6 Å². The van der Waals surface area contributed by atoms with E-state index in [0.29, 0.717) is 17.5 Å². The van der Waals surface area contributed by atoms with Gasteiger partial charge in [0.15, 0.2) is 5.84 Å². The van der Waals surface area contributed by atoms with Gasteiger partial charge in [0.1, 0.15) is 23.5 Å². The zero-order valence-corrected chi connectivity index (χ0v) is 18.4. The van der Waals surface area contributed by atoms with Gasteiger partial charge in [-0.3, -0.25) is 9.83 Å². The smallest absolute Gasteiger partial charge is 0.156 e.